The van der Waals surface area contributed by atoms with Crippen molar-refractivity contribution in [1.82, 2.24) is 0 Å². The normalized spacial score (nSPS) is 13.5. The van der Waals surface area contributed by atoms with Gasteiger partial charge in [0.1, 0.15) is 0 Å². The first-order valence-corrected chi connectivity index (χ1v) is 10.5. The Morgan fingerprint density at radius 2 is 0.967 bits per heavy atom. The summed E-state index contributed by atoms with van der Waals surface area (Å²) < 4.78 is 1.33. The van der Waals surface area contributed by atoms with Crippen LogP contribution in [0.5, 0.6) is 0 Å². The van der Waals surface area contributed by atoms with Gasteiger partial charge in [-0.3, -0.25) is 12.2 Å². The van der Waals surface area contributed by atoms with Gasteiger partial charge in [0.15, 0.2) is 0 Å². The molecule has 2 aromatic carbocycles. The molecule has 4 rings (SSSR count). The number of hydrogen-bond acceptors (Lipinski definition) is 0. The minimum absolute atomic E-state index is 0. The number of rotatable bonds is 2. The van der Waals surface area contributed by atoms with E-state index >= 15 is 0 Å². The van der Waals surface area contributed by atoms with Crippen molar-refractivity contribution in [2.24, 2.45) is 0 Å². The molecular weight excluding hydrogens is 443 g/mol. The number of allylic oxidation sites excluding steroid dienone is 8. The summed E-state index contributed by atoms with van der Waals surface area (Å²) in [5.74, 6) is 0. The van der Waals surface area contributed by atoms with E-state index in [0.717, 1.165) is 12.8 Å². The number of hydrogen-bond donors (Lipinski definition) is 0. The predicted molar refractivity (Wildman–Crippen MR) is 132 cm³/mol. The average molecular weight is 473 g/mol. The van der Waals surface area contributed by atoms with Crippen LogP contribution in [0.1, 0.15) is 51.7 Å². The third-order valence-electron chi connectivity index (χ3n) is 4.86. The molecule has 0 aromatic heterocycles. The molecule has 0 spiro atoms. The van der Waals surface area contributed by atoms with Gasteiger partial charge in [-0.25, -0.2) is 22.3 Å². The van der Waals surface area contributed by atoms with E-state index in [1.165, 1.54) is 37.2 Å². The van der Waals surface area contributed by atoms with Gasteiger partial charge >= 0.3 is 95.6 Å². The SMILES string of the molecule is CC1=[C-]CC=C1C.CC1=[C-]CC=C1C.Cl.Cl.[Ti+2]=[C](c1ccccc1)c1ccccc1. The quantitative estimate of drug-likeness (QED) is 0.308. The molecule has 156 valence electrons. The summed E-state index contributed by atoms with van der Waals surface area (Å²) in [4.78, 5) is 0. The van der Waals surface area contributed by atoms with E-state index in [2.05, 4.69) is 121 Å². The Labute approximate surface area is 206 Å². The molecule has 0 saturated heterocycles. The summed E-state index contributed by atoms with van der Waals surface area (Å²) in [7, 11) is 0. The third kappa shape index (κ3) is 9.58. The summed E-state index contributed by atoms with van der Waals surface area (Å²) in [5, 5.41) is 0. The summed E-state index contributed by atoms with van der Waals surface area (Å²) in [6, 6.07) is 20.9. The van der Waals surface area contributed by atoms with Crippen molar-refractivity contribution in [3.63, 3.8) is 0 Å². The molecule has 0 saturated carbocycles. The van der Waals surface area contributed by atoms with Crippen molar-refractivity contribution in [2.75, 3.05) is 0 Å². The molecule has 0 amide bonds. The molecule has 2 aliphatic rings. The van der Waals surface area contributed by atoms with Crippen LogP contribution in [-0.4, -0.2) is 3.81 Å². The van der Waals surface area contributed by atoms with Crippen LogP contribution in [-0.2, 0) is 20.0 Å². The Morgan fingerprint density at radius 1 is 0.633 bits per heavy atom. The zero-order valence-electron chi connectivity index (χ0n) is 18.2. The molecule has 2 aromatic rings. The Hall–Kier alpha value is -1.44. The van der Waals surface area contributed by atoms with E-state index in [0.29, 0.717) is 0 Å². The molecule has 2 aliphatic carbocycles. The monoisotopic (exact) mass is 472 g/mol. The van der Waals surface area contributed by atoms with Gasteiger partial charge in [0.25, 0.3) is 0 Å². The Kier molecular flexibility index (Phi) is 14.6. The van der Waals surface area contributed by atoms with Gasteiger partial charge in [-0.1, -0.05) is 13.8 Å². The summed E-state index contributed by atoms with van der Waals surface area (Å²) >= 11 is 2.16. The summed E-state index contributed by atoms with van der Waals surface area (Å²) in [6.45, 7) is 8.43. The molecule has 0 nitrogen and oxygen atoms in total. The molecular formula is C27H30Cl2Ti. The fourth-order valence-corrected chi connectivity index (χ4v) is 3.20. The first-order valence-electron chi connectivity index (χ1n) is 9.67. The van der Waals surface area contributed by atoms with Crippen LogP contribution in [0.3, 0.4) is 0 Å². The van der Waals surface area contributed by atoms with Crippen molar-refractivity contribution < 1.29 is 20.0 Å². The van der Waals surface area contributed by atoms with Gasteiger partial charge in [-0.2, -0.15) is 12.2 Å². The molecule has 0 heterocycles. The Morgan fingerprint density at radius 3 is 1.17 bits per heavy atom. The molecule has 0 bridgehead atoms. The fraction of sp³-hybridized carbons (Fsp3) is 0.222. The van der Waals surface area contributed by atoms with E-state index in [1.807, 2.05) is 12.1 Å². The molecule has 30 heavy (non-hydrogen) atoms. The molecule has 0 aliphatic heterocycles. The first-order chi connectivity index (χ1) is 13.5. The van der Waals surface area contributed by atoms with Crippen LogP contribution in [0, 0.1) is 12.2 Å². The van der Waals surface area contributed by atoms with Crippen LogP contribution >= 0.6 is 24.8 Å². The van der Waals surface area contributed by atoms with Crippen molar-refractivity contribution in [3.05, 3.63) is 118 Å². The minimum atomic E-state index is 0. The second-order valence-corrected chi connectivity index (χ2v) is 7.67. The van der Waals surface area contributed by atoms with Crippen molar-refractivity contribution in [3.8, 4) is 0 Å². The second-order valence-electron chi connectivity index (χ2n) is 6.89. The van der Waals surface area contributed by atoms with E-state index < -0.39 is 0 Å². The third-order valence-corrected chi connectivity index (χ3v) is 5.76. The molecule has 0 N–H and O–H groups in total. The molecule has 0 atom stereocenters. The van der Waals surface area contributed by atoms with Crippen molar-refractivity contribution in [1.29, 1.82) is 0 Å². The van der Waals surface area contributed by atoms with E-state index in [1.54, 1.807) is 0 Å². The Balaban J connectivity index is 0.000000448. The van der Waals surface area contributed by atoms with Gasteiger partial charge in [0.05, 0.1) is 0 Å². The van der Waals surface area contributed by atoms with Crippen LogP contribution in [0.15, 0.2) is 95.1 Å². The average Bonchev–Trinajstić information content (AvgIpc) is 3.30. The van der Waals surface area contributed by atoms with Crippen LogP contribution in [0.4, 0.5) is 0 Å². The van der Waals surface area contributed by atoms with Crippen LogP contribution < -0.4 is 0 Å². The van der Waals surface area contributed by atoms with Gasteiger partial charge < -0.3 is 0 Å². The maximum atomic E-state index is 3.19. The zero-order chi connectivity index (χ0) is 20.4. The maximum absolute atomic E-state index is 3.19. The number of benzene rings is 2. The summed E-state index contributed by atoms with van der Waals surface area (Å²) in [5.41, 5.74) is 8.00. The molecule has 3 heteroatoms. The second kappa shape index (κ2) is 15.4. The van der Waals surface area contributed by atoms with E-state index in [-0.39, 0.29) is 24.8 Å². The van der Waals surface area contributed by atoms with Crippen LogP contribution in [0.25, 0.3) is 0 Å². The van der Waals surface area contributed by atoms with E-state index in [4.69, 9.17) is 0 Å². The van der Waals surface area contributed by atoms with Crippen molar-refractivity contribution in [2.45, 2.75) is 40.5 Å². The van der Waals surface area contributed by atoms with Crippen molar-refractivity contribution >= 4 is 28.6 Å². The molecule has 0 radical (unpaired) electrons. The zero-order valence-corrected chi connectivity index (χ0v) is 21.4. The van der Waals surface area contributed by atoms with Crippen LogP contribution in [0.2, 0.25) is 0 Å². The standard InChI is InChI=1S/C13H10.2C7H9.2ClH.Ti/c1-3-7-12(8-4-1)11-13-9-5-2-6-10-13;2*1-6-4-3-5-7(6)2;;;/h1-10H;2*4H,3H2,1-2H3;2*1H;/q;2*-1;;;+2. The van der Waals surface area contributed by atoms with E-state index in [9.17, 15) is 0 Å². The fourth-order valence-electron chi connectivity index (χ4n) is 2.68. The van der Waals surface area contributed by atoms with Gasteiger partial charge in [-0.15, -0.1) is 51.5 Å². The number of halogens is 2. The Bertz CT molecular complexity index is 797. The topological polar surface area (TPSA) is 0 Å². The van der Waals surface area contributed by atoms with Gasteiger partial charge in [0, 0.05) is 0 Å². The van der Waals surface area contributed by atoms with Gasteiger partial charge in [0.2, 0.25) is 0 Å². The first kappa shape index (κ1) is 28.6. The summed E-state index contributed by atoms with van der Waals surface area (Å²) in [6.07, 6.45) is 12.8. The van der Waals surface area contributed by atoms with Gasteiger partial charge in [-0.05, 0) is 0 Å². The molecule has 0 unspecified atom stereocenters. The molecule has 0 fully saturated rings. The predicted octanol–water partition coefficient (Wildman–Crippen LogP) is 7.82.